The van der Waals surface area contributed by atoms with Crippen molar-refractivity contribution in [3.63, 3.8) is 0 Å². The molecule has 1 aromatic carbocycles. The van der Waals surface area contributed by atoms with E-state index >= 15 is 0 Å². The van der Waals surface area contributed by atoms with Crippen LogP contribution in [0.3, 0.4) is 0 Å². The Bertz CT molecular complexity index is 1090. The lowest BCUT2D eigenvalue weighted by molar-refractivity contribution is -0.384. The van der Waals surface area contributed by atoms with Gasteiger partial charge in [-0.1, -0.05) is 0 Å². The number of nitrogens with one attached hydrogen (secondary N) is 1. The van der Waals surface area contributed by atoms with Gasteiger partial charge >= 0.3 is 5.97 Å². The number of benzene rings is 1. The summed E-state index contributed by atoms with van der Waals surface area (Å²) in [7, 11) is 0. The van der Waals surface area contributed by atoms with Gasteiger partial charge in [-0.15, -0.1) is 0 Å². The Morgan fingerprint density at radius 1 is 1.17 bits per heavy atom. The maximum absolute atomic E-state index is 12.3. The van der Waals surface area contributed by atoms with Gasteiger partial charge < -0.3 is 10.1 Å². The van der Waals surface area contributed by atoms with E-state index in [2.05, 4.69) is 15.4 Å². The first kappa shape index (κ1) is 20.6. The van der Waals surface area contributed by atoms with Gasteiger partial charge in [-0.25, -0.2) is 14.5 Å². The molecule has 30 heavy (non-hydrogen) atoms. The third-order valence-electron chi connectivity index (χ3n) is 4.21. The maximum Gasteiger partial charge on any atom is 0.340 e. The second kappa shape index (κ2) is 8.52. The molecule has 3 rings (SSSR count). The Balaban J connectivity index is 1.61. The van der Waals surface area contributed by atoms with Crippen LogP contribution in [-0.2, 0) is 9.53 Å². The van der Waals surface area contributed by atoms with E-state index in [1.807, 2.05) is 19.9 Å². The van der Waals surface area contributed by atoms with E-state index in [0.717, 1.165) is 11.4 Å². The zero-order valence-corrected chi connectivity index (χ0v) is 16.5. The zero-order valence-electron chi connectivity index (χ0n) is 16.5. The van der Waals surface area contributed by atoms with Crippen LogP contribution in [0.4, 0.5) is 11.4 Å². The number of aryl methyl sites for hydroxylation is 2. The molecule has 2 heterocycles. The maximum atomic E-state index is 12.3. The number of hydrogen-bond acceptors (Lipinski definition) is 7. The Labute approximate surface area is 171 Å². The number of anilines is 1. The molecule has 10 nitrogen and oxygen atoms in total. The predicted molar refractivity (Wildman–Crippen MR) is 107 cm³/mol. The number of amides is 1. The Morgan fingerprint density at radius 2 is 1.87 bits per heavy atom. The number of ether oxygens (including phenoxy) is 1. The van der Waals surface area contributed by atoms with E-state index < -0.39 is 22.9 Å². The lowest BCUT2D eigenvalue weighted by atomic mass is 10.2. The molecule has 10 heteroatoms. The summed E-state index contributed by atoms with van der Waals surface area (Å²) in [6.45, 7) is 5.20. The highest BCUT2D eigenvalue weighted by molar-refractivity contribution is 5.97. The van der Waals surface area contributed by atoms with Gasteiger partial charge in [-0.05, 0) is 51.1 Å². The zero-order chi connectivity index (χ0) is 21.8. The number of non-ortho nitro benzene ring substituents is 1. The first-order valence-corrected chi connectivity index (χ1v) is 9.00. The monoisotopic (exact) mass is 409 g/mol. The second-order valence-corrected chi connectivity index (χ2v) is 6.58. The van der Waals surface area contributed by atoms with Gasteiger partial charge in [-0.2, -0.15) is 5.10 Å². The Hall–Kier alpha value is -4.08. The molecule has 3 aromatic rings. The summed E-state index contributed by atoms with van der Waals surface area (Å²) >= 11 is 0. The minimum atomic E-state index is -1.08. The molecule has 0 radical (unpaired) electrons. The van der Waals surface area contributed by atoms with Crippen LogP contribution in [0.5, 0.6) is 0 Å². The summed E-state index contributed by atoms with van der Waals surface area (Å²) in [6, 6.07) is 10.4. The summed E-state index contributed by atoms with van der Waals surface area (Å²) in [4.78, 5) is 38.9. The smallest absolute Gasteiger partial charge is 0.340 e. The SMILES string of the molecule is Cc1cc(C)n(-c2ccc(C(=O)OC(C)C(=O)Nc3ccc([N+](=O)[O-])cc3)cn2)n1. The van der Waals surface area contributed by atoms with Gasteiger partial charge in [0.15, 0.2) is 11.9 Å². The van der Waals surface area contributed by atoms with Crippen molar-refractivity contribution in [3.05, 3.63) is 75.7 Å². The summed E-state index contributed by atoms with van der Waals surface area (Å²) in [6.07, 6.45) is 0.276. The number of nitro benzene ring substituents is 1. The van der Waals surface area contributed by atoms with E-state index in [1.165, 1.54) is 37.4 Å². The van der Waals surface area contributed by atoms with E-state index in [-0.39, 0.29) is 11.3 Å². The molecular formula is C20H19N5O5. The van der Waals surface area contributed by atoms with Crippen molar-refractivity contribution in [3.8, 4) is 5.82 Å². The van der Waals surface area contributed by atoms with Crippen molar-refractivity contribution in [2.45, 2.75) is 26.9 Å². The average molecular weight is 409 g/mol. The van der Waals surface area contributed by atoms with Gasteiger partial charge in [0.05, 0.1) is 16.2 Å². The van der Waals surface area contributed by atoms with E-state index in [4.69, 9.17) is 4.74 Å². The van der Waals surface area contributed by atoms with Crippen LogP contribution in [0.25, 0.3) is 5.82 Å². The van der Waals surface area contributed by atoms with Gasteiger partial charge in [0, 0.05) is 29.7 Å². The van der Waals surface area contributed by atoms with Crippen molar-refractivity contribution < 1.29 is 19.2 Å². The fourth-order valence-electron chi connectivity index (χ4n) is 2.69. The van der Waals surface area contributed by atoms with Gasteiger partial charge in [0.25, 0.3) is 11.6 Å². The normalized spacial score (nSPS) is 11.6. The molecule has 0 bridgehead atoms. The first-order valence-electron chi connectivity index (χ1n) is 9.00. The third-order valence-corrected chi connectivity index (χ3v) is 4.21. The van der Waals surface area contributed by atoms with Gasteiger partial charge in [0.2, 0.25) is 0 Å². The summed E-state index contributed by atoms with van der Waals surface area (Å²) in [5.41, 5.74) is 2.21. The van der Waals surface area contributed by atoms with Crippen LogP contribution in [0.1, 0.15) is 28.7 Å². The molecule has 0 spiro atoms. The molecule has 1 amide bonds. The fraction of sp³-hybridized carbons (Fsp3) is 0.200. The Morgan fingerprint density at radius 3 is 2.40 bits per heavy atom. The number of rotatable bonds is 6. The van der Waals surface area contributed by atoms with Crippen LogP contribution in [-0.4, -0.2) is 37.7 Å². The Kier molecular flexibility index (Phi) is 5.86. The van der Waals surface area contributed by atoms with Crippen molar-refractivity contribution >= 4 is 23.3 Å². The number of aromatic nitrogens is 3. The van der Waals surface area contributed by atoms with Crippen molar-refractivity contribution in [2.24, 2.45) is 0 Å². The molecule has 0 saturated carbocycles. The van der Waals surface area contributed by atoms with Crippen LogP contribution in [0.15, 0.2) is 48.7 Å². The fourth-order valence-corrected chi connectivity index (χ4v) is 2.69. The predicted octanol–water partition coefficient (Wildman–Crippen LogP) is 2.98. The highest BCUT2D eigenvalue weighted by Gasteiger charge is 2.20. The minimum Gasteiger partial charge on any atom is -0.449 e. The summed E-state index contributed by atoms with van der Waals surface area (Å²) < 4.78 is 6.84. The number of nitrogens with zero attached hydrogens (tertiary/aromatic N) is 4. The van der Waals surface area contributed by atoms with Crippen LogP contribution < -0.4 is 5.32 Å². The first-order chi connectivity index (χ1) is 14.2. The summed E-state index contributed by atoms with van der Waals surface area (Å²) in [5, 5.41) is 17.5. The molecule has 154 valence electrons. The molecule has 0 aliphatic carbocycles. The minimum absolute atomic E-state index is 0.0936. The van der Waals surface area contributed by atoms with E-state index in [0.29, 0.717) is 11.5 Å². The standard InChI is InChI=1S/C20H19N5O5/c1-12-10-13(2)24(23-12)18-9-4-15(11-21-18)20(27)30-14(3)19(26)22-16-5-7-17(8-6-16)25(28)29/h4-11,14H,1-3H3,(H,22,26). The molecule has 2 aromatic heterocycles. The molecule has 0 saturated heterocycles. The van der Waals surface area contributed by atoms with Crippen molar-refractivity contribution in [1.82, 2.24) is 14.8 Å². The largest absolute Gasteiger partial charge is 0.449 e. The number of esters is 1. The average Bonchev–Trinajstić information content (AvgIpc) is 3.06. The number of carbonyl (C=O) groups excluding carboxylic acids is 2. The highest BCUT2D eigenvalue weighted by Crippen LogP contribution is 2.16. The van der Waals surface area contributed by atoms with Crippen molar-refractivity contribution in [1.29, 1.82) is 0 Å². The van der Waals surface area contributed by atoms with Gasteiger partial charge in [-0.3, -0.25) is 14.9 Å². The molecule has 1 unspecified atom stereocenters. The molecule has 0 aliphatic rings. The topological polar surface area (TPSA) is 129 Å². The molecular weight excluding hydrogens is 390 g/mol. The number of nitro groups is 1. The van der Waals surface area contributed by atoms with Gasteiger partial charge in [0.1, 0.15) is 0 Å². The number of pyridine rings is 1. The molecule has 1 N–H and O–H groups in total. The number of carbonyl (C=O) groups is 2. The van der Waals surface area contributed by atoms with Crippen LogP contribution >= 0.6 is 0 Å². The van der Waals surface area contributed by atoms with E-state index in [1.54, 1.807) is 16.8 Å². The molecule has 0 fully saturated rings. The van der Waals surface area contributed by atoms with E-state index in [9.17, 15) is 19.7 Å². The lowest BCUT2D eigenvalue weighted by Crippen LogP contribution is -2.30. The lowest BCUT2D eigenvalue weighted by Gasteiger charge is -2.13. The van der Waals surface area contributed by atoms with Crippen LogP contribution in [0, 0.1) is 24.0 Å². The second-order valence-electron chi connectivity index (χ2n) is 6.58. The van der Waals surface area contributed by atoms with Crippen LogP contribution in [0.2, 0.25) is 0 Å². The quantitative estimate of drug-likeness (QED) is 0.376. The molecule has 1 atom stereocenters. The highest BCUT2D eigenvalue weighted by atomic mass is 16.6. The number of hydrogen-bond donors (Lipinski definition) is 1. The summed E-state index contributed by atoms with van der Waals surface area (Å²) in [5.74, 6) is -0.709. The molecule has 0 aliphatic heterocycles. The van der Waals surface area contributed by atoms with Crippen molar-refractivity contribution in [2.75, 3.05) is 5.32 Å². The third kappa shape index (κ3) is 4.66.